The predicted molar refractivity (Wildman–Crippen MR) is 92.1 cm³/mol. The lowest BCUT2D eigenvalue weighted by molar-refractivity contribution is 0.183. The number of aryl methyl sites for hydroxylation is 1. The van der Waals surface area contributed by atoms with Crippen LogP contribution in [0.4, 0.5) is 4.79 Å². The van der Waals surface area contributed by atoms with Crippen LogP contribution in [0.5, 0.6) is 0 Å². The summed E-state index contributed by atoms with van der Waals surface area (Å²) in [5.41, 5.74) is 2.15. The lowest BCUT2D eigenvalue weighted by atomic mass is 10.1. The van der Waals surface area contributed by atoms with Gasteiger partial charge in [-0.05, 0) is 12.5 Å². The largest absolute Gasteiger partial charge is 0.379 e. The number of ether oxygens (including phenoxy) is 1. The lowest BCUT2D eigenvalue weighted by Gasteiger charge is -2.21. The van der Waals surface area contributed by atoms with Crippen molar-refractivity contribution in [3.63, 3.8) is 0 Å². The summed E-state index contributed by atoms with van der Waals surface area (Å²) in [6.07, 6.45) is 0. The monoisotopic (exact) mass is 355 g/mol. The first-order chi connectivity index (χ1) is 11.3. The normalized spacial score (nSPS) is 21.0. The molecule has 0 bridgehead atoms. The molecule has 1 fully saturated rings. The molecule has 1 aromatic rings. The Labute approximate surface area is 143 Å². The van der Waals surface area contributed by atoms with Crippen molar-refractivity contribution in [2.24, 2.45) is 5.92 Å². The highest BCUT2D eigenvalue weighted by Crippen LogP contribution is 2.17. The molecule has 0 unspecified atom stereocenters. The molecule has 8 heteroatoms. The Hall–Kier alpha value is -1.64. The van der Waals surface area contributed by atoms with Crippen LogP contribution in [0.2, 0.25) is 0 Å². The van der Waals surface area contributed by atoms with Gasteiger partial charge in [-0.1, -0.05) is 29.8 Å². The molecular formula is C16H25N3O4S. The Balaban J connectivity index is 1.86. The molecule has 0 radical (unpaired) electrons. The number of rotatable bonds is 6. The van der Waals surface area contributed by atoms with Crippen molar-refractivity contribution in [2.75, 3.05) is 33.1 Å². The van der Waals surface area contributed by atoms with Crippen molar-refractivity contribution >= 4 is 16.1 Å². The number of hydrogen-bond donors (Lipinski definition) is 2. The van der Waals surface area contributed by atoms with Crippen LogP contribution < -0.4 is 10.6 Å². The summed E-state index contributed by atoms with van der Waals surface area (Å²) in [6, 6.07) is 7.26. The molecule has 7 nitrogen and oxygen atoms in total. The SMILES string of the molecule is Cc1cccc(CNC(=O)N[C@H]2COC[C@H]2CS(=O)(=O)N(C)C)c1. The maximum atomic E-state index is 12.1. The second-order valence-electron chi connectivity index (χ2n) is 6.28. The minimum atomic E-state index is -3.33. The summed E-state index contributed by atoms with van der Waals surface area (Å²) < 4.78 is 30.5. The standard InChI is InChI=1S/C16H25N3O4S/c1-12-5-4-6-13(7-12)8-17-16(20)18-15-10-23-9-14(15)11-24(21,22)19(2)3/h4-7,14-15H,8-11H2,1-3H3,(H2,17,18,20)/t14-,15-/m0/s1. The van der Waals surface area contributed by atoms with Crippen molar-refractivity contribution in [3.05, 3.63) is 35.4 Å². The number of hydrogen-bond acceptors (Lipinski definition) is 4. The highest BCUT2D eigenvalue weighted by molar-refractivity contribution is 7.89. The zero-order chi connectivity index (χ0) is 17.7. The zero-order valence-electron chi connectivity index (χ0n) is 14.3. The van der Waals surface area contributed by atoms with Crippen molar-refractivity contribution in [1.29, 1.82) is 0 Å². The average molecular weight is 355 g/mol. The Kier molecular flexibility index (Phi) is 6.20. The molecule has 2 atom stereocenters. The van der Waals surface area contributed by atoms with Gasteiger partial charge in [0.05, 0.1) is 25.0 Å². The van der Waals surface area contributed by atoms with E-state index in [-0.39, 0.29) is 23.7 Å². The Morgan fingerprint density at radius 3 is 2.75 bits per heavy atom. The third-order valence-electron chi connectivity index (χ3n) is 4.03. The van der Waals surface area contributed by atoms with E-state index in [4.69, 9.17) is 4.74 Å². The van der Waals surface area contributed by atoms with Crippen LogP contribution in [0.1, 0.15) is 11.1 Å². The van der Waals surface area contributed by atoms with Crippen LogP contribution in [0, 0.1) is 12.8 Å². The molecule has 24 heavy (non-hydrogen) atoms. The minimum Gasteiger partial charge on any atom is -0.379 e. The predicted octanol–water partition coefficient (Wildman–Crippen LogP) is 0.701. The van der Waals surface area contributed by atoms with E-state index >= 15 is 0 Å². The van der Waals surface area contributed by atoms with Crippen molar-refractivity contribution in [2.45, 2.75) is 19.5 Å². The molecule has 1 aromatic carbocycles. The summed E-state index contributed by atoms with van der Waals surface area (Å²) in [5, 5.41) is 5.61. The smallest absolute Gasteiger partial charge is 0.315 e. The van der Waals surface area contributed by atoms with Crippen molar-refractivity contribution in [1.82, 2.24) is 14.9 Å². The van der Waals surface area contributed by atoms with Gasteiger partial charge in [0.15, 0.2) is 0 Å². The fourth-order valence-corrected chi connectivity index (χ4v) is 3.73. The number of carbonyl (C=O) groups excluding carboxylic acids is 1. The van der Waals surface area contributed by atoms with Crippen LogP contribution in [0.3, 0.4) is 0 Å². The molecule has 1 aliphatic rings. The highest BCUT2D eigenvalue weighted by atomic mass is 32.2. The summed E-state index contributed by atoms with van der Waals surface area (Å²) in [5.74, 6) is -0.287. The quantitative estimate of drug-likeness (QED) is 0.786. The second kappa shape index (κ2) is 7.96. The van der Waals surface area contributed by atoms with E-state index in [1.807, 2.05) is 31.2 Å². The van der Waals surface area contributed by atoms with E-state index in [0.29, 0.717) is 19.8 Å². The van der Waals surface area contributed by atoms with Crippen molar-refractivity contribution < 1.29 is 17.9 Å². The molecular weight excluding hydrogens is 330 g/mol. The molecule has 2 N–H and O–H groups in total. The summed E-state index contributed by atoms with van der Waals surface area (Å²) in [7, 11) is -0.325. The Morgan fingerprint density at radius 1 is 1.33 bits per heavy atom. The molecule has 0 aliphatic carbocycles. The molecule has 1 aliphatic heterocycles. The molecule has 1 heterocycles. The average Bonchev–Trinajstić information content (AvgIpc) is 2.91. The van der Waals surface area contributed by atoms with Gasteiger partial charge >= 0.3 is 6.03 Å². The second-order valence-corrected chi connectivity index (χ2v) is 8.51. The molecule has 0 spiro atoms. The van der Waals surface area contributed by atoms with E-state index in [2.05, 4.69) is 10.6 Å². The number of amides is 2. The molecule has 1 saturated heterocycles. The number of nitrogens with zero attached hydrogens (tertiary/aromatic N) is 1. The summed E-state index contributed by atoms with van der Waals surface area (Å²) in [4.78, 5) is 12.1. The van der Waals surface area contributed by atoms with Gasteiger partial charge in [0.25, 0.3) is 0 Å². The molecule has 2 amide bonds. The van der Waals surface area contributed by atoms with Crippen molar-refractivity contribution in [3.8, 4) is 0 Å². The van der Waals surface area contributed by atoms with E-state index in [0.717, 1.165) is 11.1 Å². The van der Waals surface area contributed by atoms with Gasteiger partial charge in [-0.2, -0.15) is 0 Å². The topological polar surface area (TPSA) is 87.7 Å². The number of benzene rings is 1. The van der Waals surface area contributed by atoms with Crippen LogP contribution in [0.25, 0.3) is 0 Å². The van der Waals surface area contributed by atoms with Gasteiger partial charge < -0.3 is 15.4 Å². The number of sulfonamides is 1. The first-order valence-corrected chi connectivity index (χ1v) is 9.46. The first kappa shape index (κ1) is 18.7. The van der Waals surface area contributed by atoms with E-state index < -0.39 is 10.0 Å². The highest BCUT2D eigenvalue weighted by Gasteiger charge is 2.34. The molecule has 0 aromatic heterocycles. The Morgan fingerprint density at radius 2 is 2.08 bits per heavy atom. The maximum absolute atomic E-state index is 12.1. The number of urea groups is 1. The van der Waals surface area contributed by atoms with Gasteiger partial charge in [-0.25, -0.2) is 17.5 Å². The van der Waals surface area contributed by atoms with Crippen LogP contribution >= 0.6 is 0 Å². The minimum absolute atomic E-state index is 0.0389. The maximum Gasteiger partial charge on any atom is 0.315 e. The van der Waals surface area contributed by atoms with Gasteiger partial charge in [0, 0.05) is 26.6 Å². The lowest BCUT2D eigenvalue weighted by Crippen LogP contribution is -2.47. The number of nitrogens with one attached hydrogen (secondary N) is 2. The Bertz CT molecular complexity index is 676. The summed E-state index contributed by atoms with van der Waals surface area (Å²) in [6.45, 7) is 3.07. The molecule has 0 saturated carbocycles. The molecule has 2 rings (SSSR count). The van der Waals surface area contributed by atoms with Crippen LogP contribution in [-0.2, 0) is 21.3 Å². The van der Waals surface area contributed by atoms with E-state index in [1.165, 1.54) is 18.4 Å². The van der Waals surface area contributed by atoms with Gasteiger partial charge in [0.1, 0.15) is 0 Å². The third kappa shape index (κ3) is 5.19. The fourth-order valence-electron chi connectivity index (χ4n) is 2.57. The number of carbonyl (C=O) groups is 1. The van der Waals surface area contributed by atoms with Gasteiger partial charge in [-0.3, -0.25) is 0 Å². The van der Waals surface area contributed by atoms with Crippen LogP contribution in [-0.4, -0.2) is 57.9 Å². The van der Waals surface area contributed by atoms with Gasteiger partial charge in [0.2, 0.25) is 10.0 Å². The van der Waals surface area contributed by atoms with E-state index in [1.54, 1.807) is 0 Å². The van der Waals surface area contributed by atoms with Gasteiger partial charge in [-0.15, -0.1) is 0 Å². The zero-order valence-corrected chi connectivity index (χ0v) is 15.1. The fraction of sp³-hybridized carbons (Fsp3) is 0.562. The summed E-state index contributed by atoms with van der Waals surface area (Å²) >= 11 is 0. The first-order valence-electron chi connectivity index (χ1n) is 7.86. The molecule has 134 valence electrons. The van der Waals surface area contributed by atoms with Crippen LogP contribution in [0.15, 0.2) is 24.3 Å². The van der Waals surface area contributed by atoms with E-state index in [9.17, 15) is 13.2 Å². The third-order valence-corrected chi connectivity index (χ3v) is 5.99.